The van der Waals surface area contributed by atoms with Crippen LogP contribution in [0.3, 0.4) is 0 Å². The number of carboxylic acid groups (broad SMARTS) is 1. The van der Waals surface area contributed by atoms with Gasteiger partial charge in [-0.2, -0.15) is 4.98 Å². The molecule has 0 bridgehead atoms. The zero-order chi connectivity index (χ0) is 26.3. The van der Waals surface area contributed by atoms with Crippen molar-refractivity contribution in [3.05, 3.63) is 81.4 Å². The Bertz CT molecular complexity index is 1310. The summed E-state index contributed by atoms with van der Waals surface area (Å²) in [6.07, 6.45) is 2.63. The van der Waals surface area contributed by atoms with Crippen molar-refractivity contribution >= 4 is 35.1 Å². The van der Waals surface area contributed by atoms with Crippen LogP contribution in [0, 0.1) is 5.41 Å². The first-order valence-electron chi connectivity index (χ1n) is 12.6. The Morgan fingerprint density at radius 1 is 1.16 bits per heavy atom. The molecule has 0 unspecified atom stereocenters. The number of carboxylic acids is 1. The number of aliphatic carboxylic acids is 1. The Labute approximate surface area is 225 Å². The largest absolute Gasteiger partial charge is 0.481 e. The summed E-state index contributed by atoms with van der Waals surface area (Å²) >= 11 is 12.6. The number of amides is 1. The van der Waals surface area contributed by atoms with Gasteiger partial charge in [-0.25, -0.2) is 0 Å². The topological polar surface area (TPSA) is 96.5 Å². The van der Waals surface area contributed by atoms with Gasteiger partial charge in [0.15, 0.2) is 5.82 Å². The molecule has 4 atom stereocenters. The highest BCUT2D eigenvalue weighted by Crippen LogP contribution is 2.54. The number of halogens is 2. The molecule has 3 aromatic rings. The van der Waals surface area contributed by atoms with Crippen molar-refractivity contribution in [2.45, 2.75) is 69.9 Å². The molecule has 2 aliphatic rings. The Hall–Kier alpha value is -2.90. The van der Waals surface area contributed by atoms with Gasteiger partial charge in [0.2, 0.25) is 11.8 Å². The van der Waals surface area contributed by atoms with Crippen LogP contribution in [-0.4, -0.2) is 32.0 Å². The molecule has 1 saturated carbocycles. The molecule has 2 fully saturated rings. The zero-order valence-electron chi connectivity index (χ0n) is 20.7. The monoisotopic (exact) mass is 541 g/mol. The van der Waals surface area contributed by atoms with Gasteiger partial charge in [-0.05, 0) is 61.1 Å². The summed E-state index contributed by atoms with van der Waals surface area (Å²) < 4.78 is 5.72. The van der Waals surface area contributed by atoms with Crippen LogP contribution in [0.1, 0.15) is 92.7 Å². The molecule has 1 aliphatic heterocycles. The number of nitrogens with zero attached hydrogens (tertiary/aromatic N) is 3. The fourth-order valence-electron chi connectivity index (χ4n) is 5.60. The van der Waals surface area contributed by atoms with Crippen LogP contribution >= 0.6 is 23.2 Å². The van der Waals surface area contributed by atoms with Crippen molar-refractivity contribution < 1.29 is 19.2 Å². The minimum absolute atomic E-state index is 0.234. The van der Waals surface area contributed by atoms with Gasteiger partial charge >= 0.3 is 5.97 Å². The van der Waals surface area contributed by atoms with E-state index in [0.29, 0.717) is 40.5 Å². The first-order chi connectivity index (χ1) is 17.7. The smallest absolute Gasteiger partial charge is 0.304 e. The first-order valence-corrected chi connectivity index (χ1v) is 13.3. The third-order valence-corrected chi connectivity index (χ3v) is 8.03. The molecule has 1 aromatic heterocycles. The Balaban J connectivity index is 1.68. The quantitative estimate of drug-likeness (QED) is 0.331. The molecule has 2 heterocycles. The number of benzene rings is 2. The molecule has 1 N–H and O–H groups in total. The van der Waals surface area contributed by atoms with Crippen LogP contribution < -0.4 is 0 Å². The fraction of sp³-hybridized carbons (Fsp3) is 0.429. The molecule has 2 aromatic carbocycles. The third-order valence-electron chi connectivity index (χ3n) is 7.54. The number of likely N-dealkylation sites (tertiary alicyclic amines) is 1. The van der Waals surface area contributed by atoms with Crippen molar-refractivity contribution in [3.63, 3.8) is 0 Å². The Kier molecular flexibility index (Phi) is 7.03. The summed E-state index contributed by atoms with van der Waals surface area (Å²) in [6.45, 7) is 3.71. The molecule has 0 spiro atoms. The summed E-state index contributed by atoms with van der Waals surface area (Å²) in [6, 6.07) is 14.0. The SMILES string of the molecule is CC[C@H](c1nc(C2CC2)no1)N1C(=O)[C@@](C)(CC(=O)O)C[C@H](c2cccc(Cl)c2)[C@H]1c1ccc(Cl)cc1. The summed E-state index contributed by atoms with van der Waals surface area (Å²) in [4.78, 5) is 32.8. The van der Waals surface area contributed by atoms with Gasteiger partial charge in [0.1, 0.15) is 6.04 Å². The third kappa shape index (κ3) is 5.12. The molecule has 194 valence electrons. The maximum atomic E-state index is 14.3. The maximum absolute atomic E-state index is 14.3. The van der Waals surface area contributed by atoms with E-state index in [1.165, 1.54) is 0 Å². The highest BCUT2D eigenvalue weighted by molar-refractivity contribution is 6.30. The van der Waals surface area contributed by atoms with Gasteiger partial charge in [-0.3, -0.25) is 9.59 Å². The molecule has 1 aliphatic carbocycles. The Morgan fingerprint density at radius 2 is 1.89 bits per heavy atom. The van der Waals surface area contributed by atoms with Crippen molar-refractivity contribution in [2.75, 3.05) is 0 Å². The van der Waals surface area contributed by atoms with Crippen LogP contribution in [0.5, 0.6) is 0 Å². The Morgan fingerprint density at radius 3 is 2.51 bits per heavy atom. The highest BCUT2D eigenvalue weighted by Gasteiger charge is 2.53. The highest BCUT2D eigenvalue weighted by atomic mass is 35.5. The zero-order valence-corrected chi connectivity index (χ0v) is 22.2. The predicted octanol–water partition coefficient (Wildman–Crippen LogP) is 6.94. The number of carbonyl (C=O) groups excluding carboxylic acids is 1. The number of piperidine rings is 1. The number of aromatic nitrogens is 2. The van der Waals surface area contributed by atoms with Crippen molar-refractivity contribution in [1.29, 1.82) is 0 Å². The number of rotatable bonds is 8. The lowest BCUT2D eigenvalue weighted by Gasteiger charge is -2.51. The van der Waals surface area contributed by atoms with Crippen LogP contribution in [0.15, 0.2) is 53.1 Å². The van der Waals surface area contributed by atoms with E-state index >= 15 is 0 Å². The predicted molar refractivity (Wildman–Crippen MR) is 140 cm³/mol. The standard InChI is InChI=1S/C28H29Cl2N3O4/c1-3-22(26-31-25(32-37-26)17-7-8-17)33-24(16-9-11-19(29)12-10-16)21(18-5-4-6-20(30)13-18)14-28(2,27(33)36)15-23(34)35/h4-6,9-13,17,21-22,24H,3,7-8,14-15H2,1-2H3,(H,34,35)/t21-,22-,24-,28-/m1/s1. The molecule has 5 rings (SSSR count). The van der Waals surface area contributed by atoms with Crippen LogP contribution in [0.2, 0.25) is 10.0 Å². The molecule has 0 radical (unpaired) electrons. The van der Waals surface area contributed by atoms with Gasteiger partial charge in [0.05, 0.1) is 17.9 Å². The lowest BCUT2D eigenvalue weighted by atomic mass is 9.67. The summed E-state index contributed by atoms with van der Waals surface area (Å²) in [5.74, 6) is -0.155. The van der Waals surface area contributed by atoms with Crippen molar-refractivity contribution in [2.24, 2.45) is 5.41 Å². The first kappa shape index (κ1) is 25.7. The summed E-state index contributed by atoms with van der Waals surface area (Å²) in [5, 5.41) is 15.1. The average Bonchev–Trinajstić information content (AvgIpc) is 3.60. The second-order valence-corrected chi connectivity index (χ2v) is 11.3. The van der Waals surface area contributed by atoms with E-state index in [2.05, 4.69) is 10.1 Å². The van der Waals surface area contributed by atoms with E-state index < -0.39 is 23.5 Å². The van der Waals surface area contributed by atoms with E-state index in [9.17, 15) is 14.7 Å². The molecule has 37 heavy (non-hydrogen) atoms. The van der Waals surface area contributed by atoms with Crippen LogP contribution in [0.4, 0.5) is 0 Å². The van der Waals surface area contributed by atoms with Crippen LogP contribution in [0.25, 0.3) is 0 Å². The fourth-order valence-corrected chi connectivity index (χ4v) is 5.93. The molecule has 7 nitrogen and oxygen atoms in total. The maximum Gasteiger partial charge on any atom is 0.304 e. The van der Waals surface area contributed by atoms with Crippen LogP contribution in [-0.2, 0) is 9.59 Å². The molecule has 1 amide bonds. The number of hydrogen-bond donors (Lipinski definition) is 1. The summed E-state index contributed by atoms with van der Waals surface area (Å²) in [5.41, 5.74) is 0.676. The summed E-state index contributed by atoms with van der Waals surface area (Å²) in [7, 11) is 0. The lowest BCUT2D eigenvalue weighted by molar-refractivity contribution is -0.161. The van der Waals surface area contributed by atoms with Crippen molar-refractivity contribution in [1.82, 2.24) is 15.0 Å². The van der Waals surface area contributed by atoms with E-state index in [4.69, 9.17) is 27.7 Å². The molecule has 1 saturated heterocycles. The minimum Gasteiger partial charge on any atom is -0.481 e. The van der Waals surface area contributed by atoms with Gasteiger partial charge in [-0.15, -0.1) is 0 Å². The van der Waals surface area contributed by atoms with Gasteiger partial charge in [0.25, 0.3) is 0 Å². The second kappa shape index (κ2) is 10.1. The normalized spacial score (nSPS) is 24.8. The van der Waals surface area contributed by atoms with Gasteiger partial charge < -0.3 is 14.5 Å². The van der Waals surface area contributed by atoms with E-state index in [1.807, 2.05) is 37.3 Å². The second-order valence-electron chi connectivity index (χ2n) is 10.4. The van der Waals surface area contributed by atoms with Gasteiger partial charge in [0, 0.05) is 21.9 Å². The molecular weight excluding hydrogens is 513 g/mol. The van der Waals surface area contributed by atoms with Crippen molar-refractivity contribution in [3.8, 4) is 0 Å². The van der Waals surface area contributed by atoms with E-state index in [1.54, 1.807) is 30.0 Å². The lowest BCUT2D eigenvalue weighted by Crippen LogP contribution is -2.53. The molecular formula is C28H29Cl2N3O4. The molecule has 9 heteroatoms. The number of hydrogen-bond acceptors (Lipinski definition) is 5. The van der Waals surface area contributed by atoms with E-state index in [-0.39, 0.29) is 18.2 Å². The van der Waals surface area contributed by atoms with Gasteiger partial charge in [-0.1, -0.05) is 66.5 Å². The average molecular weight is 542 g/mol. The minimum atomic E-state index is -1.14. The van der Waals surface area contributed by atoms with E-state index in [0.717, 1.165) is 24.0 Å². The number of carbonyl (C=O) groups is 2.